The Labute approximate surface area is 203 Å². The van der Waals surface area contributed by atoms with Crippen LogP contribution >= 0.6 is 0 Å². The summed E-state index contributed by atoms with van der Waals surface area (Å²) in [6, 6.07) is 16.2. The number of hydrogen-bond donors (Lipinski definition) is 3. The van der Waals surface area contributed by atoms with Crippen molar-refractivity contribution in [2.75, 3.05) is 19.8 Å². The minimum absolute atomic E-state index is 0.00489. The molecule has 3 N–H and O–H groups in total. The summed E-state index contributed by atoms with van der Waals surface area (Å²) in [6.45, 7) is 0.682. The summed E-state index contributed by atoms with van der Waals surface area (Å²) >= 11 is 0. The molecule has 5 rings (SSSR count). The van der Waals surface area contributed by atoms with Crippen molar-refractivity contribution in [3.63, 3.8) is 0 Å². The second-order valence-corrected chi connectivity index (χ2v) is 9.27. The van der Waals surface area contributed by atoms with Crippen LogP contribution in [0.5, 0.6) is 0 Å². The van der Waals surface area contributed by atoms with Crippen LogP contribution in [0, 0.1) is 5.92 Å². The van der Waals surface area contributed by atoms with Crippen molar-refractivity contribution >= 4 is 18.0 Å². The van der Waals surface area contributed by atoms with Crippen LogP contribution in [0.2, 0.25) is 0 Å². The molecule has 1 heterocycles. The molecular formula is C27H28N2O6. The van der Waals surface area contributed by atoms with Crippen molar-refractivity contribution in [3.05, 3.63) is 71.3 Å². The van der Waals surface area contributed by atoms with Crippen molar-refractivity contribution in [1.82, 2.24) is 10.6 Å². The average molecular weight is 477 g/mol. The number of alkyl carbamates (subject to hydrolysis) is 1. The van der Waals surface area contributed by atoms with Gasteiger partial charge in [0.05, 0.1) is 18.6 Å². The van der Waals surface area contributed by atoms with E-state index in [2.05, 4.69) is 34.9 Å². The normalized spacial score (nSPS) is 22.7. The third-order valence-electron chi connectivity index (χ3n) is 6.99. The summed E-state index contributed by atoms with van der Waals surface area (Å²) in [5, 5.41) is 14.7. The zero-order valence-electron chi connectivity index (χ0n) is 19.2. The third kappa shape index (κ3) is 4.93. The van der Waals surface area contributed by atoms with Gasteiger partial charge in [-0.05, 0) is 41.5 Å². The van der Waals surface area contributed by atoms with E-state index < -0.39 is 18.0 Å². The fourth-order valence-electron chi connectivity index (χ4n) is 5.16. The zero-order valence-corrected chi connectivity index (χ0v) is 19.2. The van der Waals surface area contributed by atoms with Crippen molar-refractivity contribution in [2.45, 2.75) is 37.3 Å². The number of rotatable bonds is 7. The van der Waals surface area contributed by atoms with E-state index in [-0.39, 0.29) is 43.7 Å². The first kappa shape index (κ1) is 23.1. The molecule has 2 aromatic carbocycles. The summed E-state index contributed by atoms with van der Waals surface area (Å²) in [7, 11) is 0. The number of carbonyl (C=O) groups excluding carboxylic acids is 2. The summed E-state index contributed by atoms with van der Waals surface area (Å²) in [4.78, 5) is 36.0. The molecule has 35 heavy (non-hydrogen) atoms. The molecule has 2 aromatic rings. The van der Waals surface area contributed by atoms with Gasteiger partial charge in [0.1, 0.15) is 6.61 Å². The summed E-state index contributed by atoms with van der Waals surface area (Å²) in [5.74, 6) is -1.62. The van der Waals surface area contributed by atoms with Crippen LogP contribution in [0.4, 0.5) is 4.79 Å². The molecule has 1 fully saturated rings. The smallest absolute Gasteiger partial charge is 0.407 e. The number of nitrogens with one attached hydrogen (secondary N) is 2. The van der Waals surface area contributed by atoms with Gasteiger partial charge in [0, 0.05) is 24.1 Å². The van der Waals surface area contributed by atoms with E-state index in [0.717, 1.165) is 11.1 Å². The van der Waals surface area contributed by atoms with E-state index >= 15 is 0 Å². The standard InChI is InChI=1S/C27H28N2O6/c30-25(28-13-19-12-17(14-34-19)26(31)32)16-9-10-18(11-16)29-27(33)35-15-24-22-7-3-1-5-20(22)21-6-2-4-8-23(21)24/h1-9,17-19,24H,10-15H2,(H,28,30)(H,29,33)(H,31,32)/t17-,18?,19-/m0/s1. The van der Waals surface area contributed by atoms with Gasteiger partial charge < -0.3 is 25.2 Å². The predicted molar refractivity (Wildman–Crippen MR) is 128 cm³/mol. The van der Waals surface area contributed by atoms with Gasteiger partial charge in [0.25, 0.3) is 0 Å². The van der Waals surface area contributed by atoms with E-state index in [1.807, 2.05) is 30.3 Å². The van der Waals surface area contributed by atoms with Gasteiger partial charge in [-0.1, -0.05) is 54.6 Å². The summed E-state index contributed by atoms with van der Waals surface area (Å²) in [5.41, 5.74) is 5.26. The molecule has 2 amide bonds. The fourth-order valence-corrected chi connectivity index (χ4v) is 5.16. The second kappa shape index (κ2) is 9.92. The van der Waals surface area contributed by atoms with Gasteiger partial charge >= 0.3 is 12.1 Å². The van der Waals surface area contributed by atoms with Crippen molar-refractivity contribution in [3.8, 4) is 11.1 Å². The van der Waals surface area contributed by atoms with E-state index in [1.165, 1.54) is 11.1 Å². The first-order valence-corrected chi connectivity index (χ1v) is 11.9. The van der Waals surface area contributed by atoms with Gasteiger partial charge in [-0.15, -0.1) is 0 Å². The first-order valence-electron chi connectivity index (χ1n) is 11.9. The lowest BCUT2D eigenvalue weighted by Gasteiger charge is -2.17. The van der Waals surface area contributed by atoms with Gasteiger partial charge in [0.15, 0.2) is 0 Å². The maximum Gasteiger partial charge on any atom is 0.407 e. The molecule has 8 heteroatoms. The lowest BCUT2D eigenvalue weighted by atomic mass is 9.98. The number of fused-ring (bicyclic) bond motifs is 3. The average Bonchev–Trinajstić information content (AvgIpc) is 3.59. The van der Waals surface area contributed by atoms with Gasteiger partial charge in [-0.2, -0.15) is 0 Å². The highest BCUT2D eigenvalue weighted by Gasteiger charge is 2.32. The number of ether oxygens (including phenoxy) is 2. The number of carboxylic acids is 1. The maximum absolute atomic E-state index is 12.5. The van der Waals surface area contributed by atoms with Crippen LogP contribution in [-0.4, -0.2) is 55.0 Å². The largest absolute Gasteiger partial charge is 0.481 e. The van der Waals surface area contributed by atoms with Gasteiger partial charge in [-0.25, -0.2) is 4.79 Å². The molecule has 0 saturated carbocycles. The molecule has 3 aliphatic rings. The van der Waals surface area contributed by atoms with Gasteiger partial charge in [0.2, 0.25) is 5.91 Å². The van der Waals surface area contributed by atoms with Crippen LogP contribution < -0.4 is 10.6 Å². The molecule has 0 radical (unpaired) electrons. The predicted octanol–water partition coefficient (Wildman–Crippen LogP) is 3.22. The van der Waals surface area contributed by atoms with E-state index in [0.29, 0.717) is 24.8 Å². The van der Waals surface area contributed by atoms with Gasteiger partial charge in [-0.3, -0.25) is 9.59 Å². The number of aliphatic carboxylic acids is 1. The lowest BCUT2D eigenvalue weighted by molar-refractivity contribution is -0.141. The topological polar surface area (TPSA) is 114 Å². The molecule has 0 spiro atoms. The molecule has 2 aliphatic carbocycles. The van der Waals surface area contributed by atoms with Crippen LogP contribution in [0.15, 0.2) is 60.2 Å². The highest BCUT2D eigenvalue weighted by atomic mass is 16.5. The number of hydrogen-bond acceptors (Lipinski definition) is 5. The molecule has 0 bridgehead atoms. The van der Waals surface area contributed by atoms with Crippen LogP contribution in [0.3, 0.4) is 0 Å². The number of amides is 2. The SMILES string of the molecule is O=C(NC1CC=C(C(=O)NC[C@@H]2C[C@H](C(=O)O)CO2)C1)OCC1c2ccccc2-c2ccccc21. The van der Waals surface area contributed by atoms with Crippen LogP contribution in [-0.2, 0) is 19.1 Å². The van der Waals surface area contributed by atoms with Crippen molar-refractivity contribution in [1.29, 1.82) is 0 Å². The quantitative estimate of drug-likeness (QED) is 0.566. The number of carboxylic acid groups (broad SMARTS) is 1. The Balaban J connectivity index is 1.08. The molecule has 3 atom stereocenters. The Bertz CT molecular complexity index is 1130. The second-order valence-electron chi connectivity index (χ2n) is 9.27. The maximum atomic E-state index is 12.5. The fraction of sp³-hybridized carbons (Fsp3) is 0.370. The van der Waals surface area contributed by atoms with Crippen LogP contribution in [0.1, 0.15) is 36.3 Å². The molecule has 1 aliphatic heterocycles. The minimum Gasteiger partial charge on any atom is -0.481 e. The Kier molecular flexibility index (Phi) is 6.55. The van der Waals surface area contributed by atoms with Crippen LogP contribution in [0.25, 0.3) is 11.1 Å². The Morgan fingerprint density at radius 2 is 1.71 bits per heavy atom. The number of benzene rings is 2. The lowest BCUT2D eigenvalue weighted by Crippen LogP contribution is -2.36. The Hall–Kier alpha value is -3.65. The third-order valence-corrected chi connectivity index (χ3v) is 6.99. The molecule has 182 valence electrons. The zero-order chi connectivity index (χ0) is 24.4. The van der Waals surface area contributed by atoms with Crippen molar-refractivity contribution in [2.24, 2.45) is 5.92 Å². The first-order chi connectivity index (χ1) is 17.0. The molecule has 1 saturated heterocycles. The monoisotopic (exact) mass is 476 g/mol. The van der Waals surface area contributed by atoms with E-state index in [1.54, 1.807) is 0 Å². The van der Waals surface area contributed by atoms with E-state index in [9.17, 15) is 14.4 Å². The van der Waals surface area contributed by atoms with Crippen molar-refractivity contribution < 1.29 is 29.0 Å². The molecular weight excluding hydrogens is 448 g/mol. The molecule has 1 unspecified atom stereocenters. The minimum atomic E-state index is -0.875. The highest BCUT2D eigenvalue weighted by molar-refractivity contribution is 5.94. The Morgan fingerprint density at radius 3 is 2.37 bits per heavy atom. The summed E-state index contributed by atoms with van der Waals surface area (Å²) < 4.78 is 11.0. The highest BCUT2D eigenvalue weighted by Crippen LogP contribution is 2.44. The molecule has 0 aromatic heterocycles. The number of carbonyl (C=O) groups is 3. The van der Waals surface area contributed by atoms with E-state index in [4.69, 9.17) is 14.6 Å². The molecule has 8 nitrogen and oxygen atoms in total. The Morgan fingerprint density at radius 1 is 1.03 bits per heavy atom. The summed E-state index contributed by atoms with van der Waals surface area (Å²) in [6.07, 6.45) is 2.38.